The second-order valence-corrected chi connectivity index (χ2v) is 8.44. The number of ether oxygens (including phenoxy) is 2. The van der Waals surface area contributed by atoms with Crippen LogP contribution in [0, 0.1) is 0 Å². The van der Waals surface area contributed by atoms with Crippen LogP contribution in [0.3, 0.4) is 0 Å². The molecule has 4 heterocycles. The summed E-state index contributed by atoms with van der Waals surface area (Å²) >= 11 is 0. The van der Waals surface area contributed by atoms with E-state index in [2.05, 4.69) is 22.5 Å². The SMILES string of the molecule is CCNC(=O)Nc1ccc(-c2nc3c(c(N4CCOC[C@@H]4C)n2)[C@@H]2CC[C@H](C3)O2)cc1.[HH].[HH]. The highest BCUT2D eigenvalue weighted by Crippen LogP contribution is 2.45. The number of nitrogens with zero attached hydrogens (tertiary/aromatic N) is 3. The van der Waals surface area contributed by atoms with Gasteiger partial charge in [-0.15, -0.1) is 0 Å². The van der Waals surface area contributed by atoms with Gasteiger partial charge >= 0.3 is 6.03 Å². The molecule has 2 bridgehead atoms. The average molecular weight is 428 g/mol. The maximum absolute atomic E-state index is 11.8. The fraction of sp³-hybridized carbons (Fsp3) is 0.522. The van der Waals surface area contributed by atoms with Crippen molar-refractivity contribution in [2.75, 3.05) is 36.5 Å². The Kier molecular flexibility index (Phi) is 5.50. The lowest BCUT2D eigenvalue weighted by Gasteiger charge is -2.37. The number of carbonyl (C=O) groups is 1. The number of nitrogens with one attached hydrogen (secondary N) is 2. The minimum absolute atomic E-state index is 0. The average Bonchev–Trinajstić information content (AvgIpc) is 3.15. The molecule has 3 atom stereocenters. The minimum atomic E-state index is -0.209. The number of urea groups is 1. The van der Waals surface area contributed by atoms with E-state index in [9.17, 15) is 4.79 Å². The van der Waals surface area contributed by atoms with Crippen molar-refractivity contribution in [2.24, 2.45) is 0 Å². The number of benzene rings is 1. The van der Waals surface area contributed by atoms with Gasteiger partial charge in [-0.1, -0.05) is 0 Å². The quantitative estimate of drug-likeness (QED) is 0.772. The molecular formula is C23H33N5O3. The van der Waals surface area contributed by atoms with E-state index in [0.29, 0.717) is 19.8 Å². The van der Waals surface area contributed by atoms with Crippen LogP contribution in [0.15, 0.2) is 24.3 Å². The molecule has 1 aromatic carbocycles. The van der Waals surface area contributed by atoms with Crippen LogP contribution in [0.5, 0.6) is 0 Å². The van der Waals surface area contributed by atoms with E-state index in [-0.39, 0.29) is 27.1 Å². The number of anilines is 2. The largest absolute Gasteiger partial charge is 0.377 e. The predicted molar refractivity (Wildman–Crippen MR) is 123 cm³/mol. The van der Waals surface area contributed by atoms with E-state index in [0.717, 1.165) is 54.4 Å². The first-order valence-electron chi connectivity index (χ1n) is 11.2. The summed E-state index contributed by atoms with van der Waals surface area (Å²) in [5, 5.41) is 5.56. The van der Waals surface area contributed by atoms with Gasteiger partial charge in [0.25, 0.3) is 0 Å². The summed E-state index contributed by atoms with van der Waals surface area (Å²) in [5.41, 5.74) is 3.95. The standard InChI is InChI=1S/C23H29N5O3.2H2/c1-3-24-23(29)25-16-6-4-15(5-7-16)21-26-18-12-17-8-9-19(31-17)20(18)22(27-21)28-10-11-30-13-14(28)2;;/h4-7,14,17,19H,3,8-13H2,1-2H3,(H2,24,25,29);2*1H/t14-,17+,19-;;/m0../s1. The van der Waals surface area contributed by atoms with Gasteiger partial charge in [0.05, 0.1) is 37.2 Å². The molecule has 1 aromatic heterocycles. The Hall–Kier alpha value is -2.71. The molecule has 8 heteroatoms. The van der Waals surface area contributed by atoms with Crippen LogP contribution >= 0.6 is 0 Å². The molecule has 3 aliphatic heterocycles. The van der Waals surface area contributed by atoms with E-state index in [1.165, 1.54) is 5.56 Å². The van der Waals surface area contributed by atoms with E-state index in [1.54, 1.807) is 0 Å². The van der Waals surface area contributed by atoms with Gasteiger partial charge in [0.2, 0.25) is 0 Å². The maximum atomic E-state index is 11.8. The topological polar surface area (TPSA) is 88.6 Å². The predicted octanol–water partition coefficient (Wildman–Crippen LogP) is 3.78. The third kappa shape index (κ3) is 3.97. The lowest BCUT2D eigenvalue weighted by atomic mass is 10.0. The summed E-state index contributed by atoms with van der Waals surface area (Å²) in [6, 6.07) is 7.74. The van der Waals surface area contributed by atoms with Crippen molar-refractivity contribution < 1.29 is 17.1 Å². The Labute approximate surface area is 185 Å². The first kappa shape index (κ1) is 20.2. The van der Waals surface area contributed by atoms with E-state index in [4.69, 9.17) is 19.4 Å². The van der Waals surface area contributed by atoms with Crippen LogP contribution in [0.2, 0.25) is 0 Å². The second-order valence-electron chi connectivity index (χ2n) is 8.44. The Balaban J connectivity index is 0.00000153. The third-order valence-electron chi connectivity index (χ3n) is 6.23. The van der Waals surface area contributed by atoms with E-state index < -0.39 is 0 Å². The fourth-order valence-corrected chi connectivity index (χ4v) is 4.70. The Morgan fingerprint density at radius 1 is 1.26 bits per heavy atom. The summed E-state index contributed by atoms with van der Waals surface area (Å²) in [6.45, 7) is 6.86. The molecule has 0 radical (unpaired) electrons. The molecule has 0 saturated carbocycles. The number of rotatable bonds is 4. The zero-order valence-corrected chi connectivity index (χ0v) is 18.1. The first-order valence-corrected chi connectivity index (χ1v) is 11.2. The summed E-state index contributed by atoms with van der Waals surface area (Å²) < 4.78 is 11.9. The number of hydrogen-bond acceptors (Lipinski definition) is 6. The van der Waals surface area contributed by atoms with Crippen molar-refractivity contribution in [2.45, 2.75) is 51.4 Å². The molecule has 2 aromatic rings. The zero-order chi connectivity index (χ0) is 21.4. The molecule has 8 nitrogen and oxygen atoms in total. The molecule has 0 spiro atoms. The molecule has 168 valence electrons. The van der Waals surface area contributed by atoms with Crippen molar-refractivity contribution in [3.05, 3.63) is 35.5 Å². The van der Waals surface area contributed by atoms with Gasteiger partial charge in [-0.3, -0.25) is 0 Å². The fourth-order valence-electron chi connectivity index (χ4n) is 4.70. The van der Waals surface area contributed by atoms with Gasteiger partial charge in [0, 0.05) is 39.2 Å². The molecule has 3 aliphatic rings. The van der Waals surface area contributed by atoms with Crippen LogP contribution < -0.4 is 15.5 Å². The van der Waals surface area contributed by atoms with Crippen LogP contribution in [-0.4, -0.2) is 54.4 Å². The smallest absolute Gasteiger partial charge is 0.319 e. The van der Waals surface area contributed by atoms with Crippen molar-refractivity contribution in [1.82, 2.24) is 15.3 Å². The number of amides is 2. The molecular weight excluding hydrogens is 394 g/mol. The first-order chi connectivity index (χ1) is 15.1. The highest BCUT2D eigenvalue weighted by atomic mass is 16.5. The van der Waals surface area contributed by atoms with Gasteiger partial charge in [-0.2, -0.15) is 0 Å². The van der Waals surface area contributed by atoms with Crippen LogP contribution in [-0.2, 0) is 15.9 Å². The third-order valence-corrected chi connectivity index (χ3v) is 6.23. The molecule has 2 fully saturated rings. The minimum Gasteiger partial charge on any atom is -0.377 e. The van der Waals surface area contributed by atoms with Crippen molar-refractivity contribution in [1.29, 1.82) is 0 Å². The number of morpholine rings is 1. The Morgan fingerprint density at radius 2 is 2.10 bits per heavy atom. The van der Waals surface area contributed by atoms with E-state index >= 15 is 0 Å². The van der Waals surface area contributed by atoms with Crippen molar-refractivity contribution in [3.63, 3.8) is 0 Å². The molecule has 2 amide bonds. The number of carbonyl (C=O) groups excluding carboxylic acids is 1. The van der Waals surface area contributed by atoms with Crippen LogP contribution in [0.1, 0.15) is 46.9 Å². The van der Waals surface area contributed by atoms with Gasteiger partial charge in [0.1, 0.15) is 5.82 Å². The highest BCUT2D eigenvalue weighted by molar-refractivity contribution is 5.89. The number of hydrogen-bond donors (Lipinski definition) is 2. The number of fused-ring (bicyclic) bond motifs is 4. The molecule has 2 saturated heterocycles. The van der Waals surface area contributed by atoms with Gasteiger partial charge in [-0.25, -0.2) is 14.8 Å². The molecule has 0 unspecified atom stereocenters. The molecule has 31 heavy (non-hydrogen) atoms. The Morgan fingerprint density at radius 3 is 2.87 bits per heavy atom. The summed E-state index contributed by atoms with van der Waals surface area (Å²) in [6.07, 6.45) is 3.31. The summed E-state index contributed by atoms with van der Waals surface area (Å²) in [7, 11) is 0. The summed E-state index contributed by atoms with van der Waals surface area (Å²) in [5.74, 6) is 1.71. The van der Waals surface area contributed by atoms with Crippen LogP contribution in [0.25, 0.3) is 11.4 Å². The summed E-state index contributed by atoms with van der Waals surface area (Å²) in [4.78, 5) is 24.1. The zero-order valence-electron chi connectivity index (χ0n) is 18.1. The Bertz CT molecular complexity index is 975. The second kappa shape index (κ2) is 8.43. The monoisotopic (exact) mass is 427 g/mol. The van der Waals surface area contributed by atoms with E-state index in [1.807, 2.05) is 31.2 Å². The van der Waals surface area contributed by atoms with Crippen molar-refractivity contribution in [3.8, 4) is 11.4 Å². The van der Waals surface area contributed by atoms with Crippen LogP contribution in [0.4, 0.5) is 16.3 Å². The maximum Gasteiger partial charge on any atom is 0.319 e. The molecule has 5 rings (SSSR count). The molecule has 0 aliphatic carbocycles. The normalized spacial score (nSPS) is 24.6. The number of aromatic nitrogens is 2. The lowest BCUT2D eigenvalue weighted by Crippen LogP contribution is -2.45. The molecule has 2 N–H and O–H groups in total. The van der Waals surface area contributed by atoms with Gasteiger partial charge in [0.15, 0.2) is 5.82 Å². The van der Waals surface area contributed by atoms with Crippen molar-refractivity contribution >= 4 is 17.5 Å². The van der Waals surface area contributed by atoms with Gasteiger partial charge < -0.3 is 25.0 Å². The highest BCUT2D eigenvalue weighted by Gasteiger charge is 2.39. The lowest BCUT2D eigenvalue weighted by molar-refractivity contribution is 0.0306. The van der Waals surface area contributed by atoms with Gasteiger partial charge in [-0.05, 0) is 51.0 Å².